The Labute approximate surface area is 195 Å². The maximum Gasteiger partial charge on any atom is 0.270 e. The molecule has 0 saturated carbocycles. The van der Waals surface area contributed by atoms with Crippen LogP contribution in [0.15, 0.2) is 53.5 Å². The molecular formula is C22H25N3O6S2. The number of aromatic nitrogens is 1. The van der Waals surface area contributed by atoms with Gasteiger partial charge >= 0.3 is 0 Å². The van der Waals surface area contributed by atoms with E-state index in [0.29, 0.717) is 34.8 Å². The first-order valence-corrected chi connectivity index (χ1v) is 13.1. The van der Waals surface area contributed by atoms with Crippen LogP contribution in [0.5, 0.6) is 0 Å². The van der Waals surface area contributed by atoms with Gasteiger partial charge in [0.15, 0.2) is 14.6 Å². The number of non-ortho nitro benzene ring substituents is 1. The molecule has 1 aromatic heterocycles. The van der Waals surface area contributed by atoms with Gasteiger partial charge in [-0.05, 0) is 25.0 Å². The Bertz CT molecular complexity index is 1300. The lowest BCUT2D eigenvalue weighted by Crippen LogP contribution is -2.20. The van der Waals surface area contributed by atoms with E-state index in [2.05, 4.69) is 4.99 Å². The summed E-state index contributed by atoms with van der Waals surface area (Å²) in [4.78, 5) is 27.7. The van der Waals surface area contributed by atoms with Crippen molar-refractivity contribution >= 4 is 43.0 Å². The molecule has 0 aliphatic carbocycles. The van der Waals surface area contributed by atoms with E-state index in [0.717, 1.165) is 5.52 Å². The van der Waals surface area contributed by atoms with Gasteiger partial charge in [0, 0.05) is 31.7 Å². The molecule has 33 heavy (non-hydrogen) atoms. The molecule has 0 bridgehead atoms. The highest BCUT2D eigenvalue weighted by molar-refractivity contribution is 7.90. The third-order valence-corrected chi connectivity index (χ3v) is 7.56. The van der Waals surface area contributed by atoms with Gasteiger partial charge in [0.05, 0.1) is 33.3 Å². The standard InChI is InChI=1S/C22H25N3O6S2/c1-2-31-13-12-24-19-11-10-18(25(27)28)15-20(19)32-22(24)23-21(26)9-6-14-33(29,30)16-17-7-4-3-5-8-17/h3-5,7-8,10-11,15H,2,6,9,12-14,16H2,1H3. The Morgan fingerprint density at radius 1 is 1.21 bits per heavy atom. The minimum absolute atomic E-state index is 0.00608. The summed E-state index contributed by atoms with van der Waals surface area (Å²) in [6, 6.07) is 13.4. The van der Waals surface area contributed by atoms with Gasteiger partial charge in [-0.1, -0.05) is 41.7 Å². The molecule has 11 heteroatoms. The van der Waals surface area contributed by atoms with Crippen molar-refractivity contribution in [1.82, 2.24) is 4.57 Å². The molecule has 0 unspecified atom stereocenters. The molecule has 0 spiro atoms. The number of thiazole rings is 1. The zero-order chi connectivity index (χ0) is 23.8. The molecule has 0 saturated heterocycles. The number of ether oxygens (including phenoxy) is 1. The summed E-state index contributed by atoms with van der Waals surface area (Å²) in [7, 11) is -3.34. The van der Waals surface area contributed by atoms with Crippen molar-refractivity contribution in [1.29, 1.82) is 0 Å². The monoisotopic (exact) mass is 491 g/mol. The van der Waals surface area contributed by atoms with Crippen LogP contribution in [0.4, 0.5) is 5.69 Å². The number of carbonyl (C=O) groups excluding carboxylic acids is 1. The Hall–Kier alpha value is -2.89. The SMILES string of the molecule is CCOCCn1c(=NC(=O)CCCS(=O)(=O)Cc2ccccc2)sc2cc([N+](=O)[O-])ccc21. The van der Waals surface area contributed by atoms with Crippen molar-refractivity contribution in [3.63, 3.8) is 0 Å². The highest BCUT2D eigenvalue weighted by atomic mass is 32.2. The van der Waals surface area contributed by atoms with Gasteiger partial charge in [0.1, 0.15) is 0 Å². The van der Waals surface area contributed by atoms with Crippen LogP contribution in [0.25, 0.3) is 10.2 Å². The molecular weight excluding hydrogens is 466 g/mol. The van der Waals surface area contributed by atoms with E-state index < -0.39 is 20.7 Å². The van der Waals surface area contributed by atoms with Gasteiger partial charge in [0.2, 0.25) is 5.91 Å². The van der Waals surface area contributed by atoms with Crippen LogP contribution in [-0.4, -0.2) is 42.8 Å². The average molecular weight is 492 g/mol. The van der Waals surface area contributed by atoms with Gasteiger partial charge in [-0.3, -0.25) is 14.9 Å². The van der Waals surface area contributed by atoms with E-state index in [1.165, 1.54) is 23.5 Å². The quantitative estimate of drug-likeness (QED) is 0.230. The molecule has 0 atom stereocenters. The van der Waals surface area contributed by atoms with E-state index >= 15 is 0 Å². The zero-order valence-electron chi connectivity index (χ0n) is 18.2. The first-order chi connectivity index (χ1) is 15.8. The number of fused-ring (bicyclic) bond motifs is 1. The largest absolute Gasteiger partial charge is 0.380 e. The lowest BCUT2D eigenvalue weighted by atomic mass is 10.2. The van der Waals surface area contributed by atoms with Crippen LogP contribution < -0.4 is 4.80 Å². The first-order valence-electron chi connectivity index (χ1n) is 10.5. The molecule has 176 valence electrons. The van der Waals surface area contributed by atoms with E-state index in [9.17, 15) is 23.3 Å². The number of hydrogen-bond donors (Lipinski definition) is 0. The van der Waals surface area contributed by atoms with Crippen LogP contribution in [0.1, 0.15) is 25.3 Å². The molecule has 0 aliphatic heterocycles. The molecule has 3 aromatic rings. The Morgan fingerprint density at radius 3 is 2.67 bits per heavy atom. The third-order valence-electron chi connectivity index (χ3n) is 4.84. The fraction of sp³-hybridized carbons (Fsp3) is 0.364. The molecule has 0 fully saturated rings. The molecule has 9 nitrogen and oxygen atoms in total. The maximum absolute atomic E-state index is 12.5. The third kappa shape index (κ3) is 7.04. The molecule has 0 radical (unpaired) electrons. The highest BCUT2D eigenvalue weighted by Crippen LogP contribution is 2.23. The minimum atomic E-state index is -3.34. The lowest BCUT2D eigenvalue weighted by Gasteiger charge is -2.05. The summed E-state index contributed by atoms with van der Waals surface area (Å²) in [6.07, 6.45) is 0.167. The topological polar surface area (TPSA) is 121 Å². The fourth-order valence-electron chi connectivity index (χ4n) is 3.28. The van der Waals surface area contributed by atoms with Crippen molar-refractivity contribution in [2.75, 3.05) is 19.0 Å². The summed E-state index contributed by atoms with van der Waals surface area (Å²) in [6.45, 7) is 3.25. The van der Waals surface area contributed by atoms with E-state index in [1.54, 1.807) is 34.9 Å². The van der Waals surface area contributed by atoms with Crippen LogP contribution in [0.3, 0.4) is 0 Å². The van der Waals surface area contributed by atoms with Gasteiger partial charge in [0.25, 0.3) is 5.69 Å². The lowest BCUT2D eigenvalue weighted by molar-refractivity contribution is -0.384. The smallest absolute Gasteiger partial charge is 0.270 e. The van der Waals surface area contributed by atoms with Crippen molar-refractivity contribution in [3.8, 4) is 0 Å². The Balaban J connectivity index is 1.74. The number of carbonyl (C=O) groups is 1. The number of sulfone groups is 1. The highest BCUT2D eigenvalue weighted by Gasteiger charge is 2.15. The summed E-state index contributed by atoms with van der Waals surface area (Å²) in [5.41, 5.74) is 1.40. The van der Waals surface area contributed by atoms with Crippen LogP contribution in [-0.2, 0) is 31.7 Å². The van der Waals surface area contributed by atoms with Crippen LogP contribution >= 0.6 is 11.3 Å². The molecule has 0 aliphatic rings. The van der Waals surface area contributed by atoms with Crippen molar-refractivity contribution in [2.24, 2.45) is 4.99 Å². The summed E-state index contributed by atoms with van der Waals surface area (Å²) >= 11 is 1.18. The average Bonchev–Trinajstić information content (AvgIpc) is 3.10. The second kappa shape index (κ2) is 11.3. The normalized spacial score (nSPS) is 12.3. The molecule has 1 amide bonds. The second-order valence-corrected chi connectivity index (χ2v) is 10.5. The number of benzene rings is 2. The predicted octanol–water partition coefficient (Wildman–Crippen LogP) is 3.47. The summed E-state index contributed by atoms with van der Waals surface area (Å²) in [5.74, 6) is -0.603. The number of hydrogen-bond acceptors (Lipinski definition) is 7. The van der Waals surface area contributed by atoms with E-state index in [-0.39, 0.29) is 30.0 Å². The predicted molar refractivity (Wildman–Crippen MR) is 127 cm³/mol. The molecule has 0 N–H and O–H groups in total. The zero-order valence-corrected chi connectivity index (χ0v) is 19.8. The Kier molecular flexibility index (Phi) is 8.48. The fourth-order valence-corrected chi connectivity index (χ4v) is 5.82. The van der Waals surface area contributed by atoms with E-state index in [1.807, 2.05) is 13.0 Å². The number of nitrogens with zero attached hydrogens (tertiary/aromatic N) is 3. The molecule has 1 heterocycles. The summed E-state index contributed by atoms with van der Waals surface area (Å²) in [5, 5.41) is 11.1. The van der Waals surface area contributed by atoms with Crippen molar-refractivity contribution < 1.29 is 22.9 Å². The van der Waals surface area contributed by atoms with Gasteiger partial charge in [-0.2, -0.15) is 4.99 Å². The van der Waals surface area contributed by atoms with E-state index in [4.69, 9.17) is 4.74 Å². The second-order valence-electron chi connectivity index (χ2n) is 7.33. The number of rotatable bonds is 11. The van der Waals surface area contributed by atoms with Gasteiger partial charge < -0.3 is 9.30 Å². The van der Waals surface area contributed by atoms with Crippen molar-refractivity contribution in [2.45, 2.75) is 32.1 Å². The number of amides is 1. The first kappa shape index (κ1) is 24.7. The molecule has 2 aromatic carbocycles. The van der Waals surface area contributed by atoms with Gasteiger partial charge in [-0.15, -0.1) is 0 Å². The number of nitro benzene ring substituents is 1. The van der Waals surface area contributed by atoms with Crippen molar-refractivity contribution in [3.05, 3.63) is 69.0 Å². The maximum atomic E-state index is 12.5. The molecule has 3 rings (SSSR count). The Morgan fingerprint density at radius 2 is 1.97 bits per heavy atom. The van der Waals surface area contributed by atoms with Gasteiger partial charge in [-0.25, -0.2) is 8.42 Å². The number of nitro groups is 1. The minimum Gasteiger partial charge on any atom is -0.380 e. The van der Waals surface area contributed by atoms with Crippen LogP contribution in [0, 0.1) is 10.1 Å². The van der Waals surface area contributed by atoms with Crippen LogP contribution in [0.2, 0.25) is 0 Å². The summed E-state index contributed by atoms with van der Waals surface area (Å²) < 4.78 is 32.5.